The summed E-state index contributed by atoms with van der Waals surface area (Å²) in [6, 6.07) is 7.09. The van der Waals surface area contributed by atoms with Crippen LogP contribution in [0.3, 0.4) is 0 Å². The van der Waals surface area contributed by atoms with Gasteiger partial charge in [0.1, 0.15) is 5.52 Å². The van der Waals surface area contributed by atoms with E-state index in [9.17, 15) is 9.90 Å². The monoisotopic (exact) mass is 415 g/mol. The average molecular weight is 415 g/mol. The van der Waals surface area contributed by atoms with E-state index in [0.29, 0.717) is 41.5 Å². The number of amides is 1. The lowest BCUT2D eigenvalue weighted by atomic mass is 10.2. The maximum absolute atomic E-state index is 12.2. The molecule has 152 valence electrons. The van der Waals surface area contributed by atoms with Gasteiger partial charge in [-0.05, 0) is 19.1 Å². The summed E-state index contributed by atoms with van der Waals surface area (Å²) in [5.74, 6) is 0.737. The summed E-state index contributed by atoms with van der Waals surface area (Å²) in [6.45, 7) is 3.06. The molecule has 1 amide bonds. The summed E-state index contributed by atoms with van der Waals surface area (Å²) in [7, 11) is 0. The zero-order valence-corrected chi connectivity index (χ0v) is 16.6. The Labute approximate surface area is 170 Å². The van der Waals surface area contributed by atoms with Crippen molar-refractivity contribution < 1.29 is 14.7 Å². The highest BCUT2D eigenvalue weighted by molar-refractivity contribution is 7.16. The zero-order chi connectivity index (χ0) is 20.4. The summed E-state index contributed by atoms with van der Waals surface area (Å²) in [5, 5.41) is 14.1. The number of benzene rings is 1. The van der Waals surface area contributed by atoms with E-state index in [2.05, 4.69) is 20.3 Å². The molecule has 1 atom stereocenters. The Morgan fingerprint density at radius 1 is 1.34 bits per heavy atom. The van der Waals surface area contributed by atoms with Crippen molar-refractivity contribution in [1.82, 2.24) is 20.0 Å². The minimum atomic E-state index is -0.577. The lowest BCUT2D eigenvalue weighted by molar-refractivity contribution is -0.108. The van der Waals surface area contributed by atoms with Gasteiger partial charge in [0, 0.05) is 12.2 Å². The molecule has 1 aromatic carbocycles. The number of aliphatic hydroxyl groups is 1. The number of piperazine rings is 1. The molecule has 4 rings (SSSR count). The molecule has 3 aromatic rings. The maximum atomic E-state index is 12.2. The number of nitrogens with one attached hydrogen (secondary N) is 1. The van der Waals surface area contributed by atoms with Crippen LogP contribution >= 0.6 is 11.3 Å². The van der Waals surface area contributed by atoms with Crippen LogP contribution in [0.5, 0.6) is 0 Å². The fraction of sp³-hybridized carbons (Fsp3) is 0.333. The van der Waals surface area contributed by atoms with Crippen molar-refractivity contribution in [2.24, 2.45) is 0 Å². The van der Waals surface area contributed by atoms with Crippen LogP contribution in [0.4, 0.5) is 22.2 Å². The quantitative estimate of drug-likeness (QED) is 0.582. The van der Waals surface area contributed by atoms with Gasteiger partial charge in [0.15, 0.2) is 10.6 Å². The number of nitrogen functional groups attached to an aromatic ring is 1. The maximum Gasteiger partial charge on any atom is 0.430 e. The van der Waals surface area contributed by atoms with Gasteiger partial charge in [-0.25, -0.2) is 14.8 Å². The molecule has 3 heterocycles. The van der Waals surface area contributed by atoms with E-state index in [1.807, 2.05) is 36.1 Å². The van der Waals surface area contributed by atoms with Gasteiger partial charge in [-0.1, -0.05) is 17.7 Å². The SMILES string of the molecule is Cc1ccc(NC(=O)ON2CCN(c3nc(N)nc4scnc34)C(CO)C2)cc1. The third-order valence-corrected chi connectivity index (χ3v) is 5.35. The Balaban J connectivity index is 1.43. The zero-order valence-electron chi connectivity index (χ0n) is 15.8. The molecule has 10 nitrogen and oxygen atoms in total. The van der Waals surface area contributed by atoms with Crippen LogP contribution in [-0.2, 0) is 4.84 Å². The lowest BCUT2D eigenvalue weighted by Crippen LogP contribution is -2.55. The van der Waals surface area contributed by atoms with Gasteiger partial charge in [-0.15, -0.1) is 16.4 Å². The number of nitrogens with zero attached hydrogens (tertiary/aromatic N) is 5. The van der Waals surface area contributed by atoms with Crippen LogP contribution in [0.25, 0.3) is 10.3 Å². The van der Waals surface area contributed by atoms with E-state index in [-0.39, 0.29) is 18.6 Å². The number of aryl methyl sites for hydroxylation is 1. The molecule has 2 aromatic heterocycles. The minimum Gasteiger partial charge on any atom is -0.394 e. The first-order chi connectivity index (χ1) is 14.0. The summed E-state index contributed by atoms with van der Waals surface area (Å²) in [5.41, 5.74) is 9.92. The third kappa shape index (κ3) is 4.21. The second-order valence-corrected chi connectivity index (χ2v) is 7.53. The lowest BCUT2D eigenvalue weighted by Gasteiger charge is -2.39. The summed E-state index contributed by atoms with van der Waals surface area (Å²) >= 11 is 1.38. The number of aliphatic hydroxyl groups excluding tert-OH is 1. The van der Waals surface area contributed by atoms with Crippen molar-refractivity contribution in [2.45, 2.75) is 13.0 Å². The number of thiazole rings is 1. The number of fused-ring (bicyclic) bond motifs is 1. The number of rotatable bonds is 4. The van der Waals surface area contributed by atoms with Gasteiger partial charge in [0.2, 0.25) is 5.95 Å². The summed E-state index contributed by atoms with van der Waals surface area (Å²) in [6.07, 6.45) is -0.577. The van der Waals surface area contributed by atoms with Gasteiger partial charge in [-0.2, -0.15) is 4.98 Å². The van der Waals surface area contributed by atoms with Crippen molar-refractivity contribution in [3.8, 4) is 0 Å². The molecule has 1 aliphatic heterocycles. The Morgan fingerprint density at radius 3 is 2.90 bits per heavy atom. The largest absolute Gasteiger partial charge is 0.430 e. The predicted octanol–water partition coefficient (Wildman–Crippen LogP) is 1.62. The van der Waals surface area contributed by atoms with Crippen molar-refractivity contribution in [3.63, 3.8) is 0 Å². The van der Waals surface area contributed by atoms with E-state index in [1.165, 1.54) is 16.4 Å². The molecule has 1 fully saturated rings. The Bertz CT molecular complexity index is 1010. The molecule has 11 heteroatoms. The van der Waals surface area contributed by atoms with Crippen molar-refractivity contribution in [1.29, 1.82) is 0 Å². The van der Waals surface area contributed by atoms with E-state index >= 15 is 0 Å². The molecule has 29 heavy (non-hydrogen) atoms. The molecule has 1 saturated heterocycles. The molecule has 0 radical (unpaired) electrons. The Kier molecular flexibility index (Phi) is 5.43. The first-order valence-corrected chi connectivity index (χ1v) is 9.96. The summed E-state index contributed by atoms with van der Waals surface area (Å²) in [4.78, 5) is 33.1. The van der Waals surface area contributed by atoms with Gasteiger partial charge in [-0.3, -0.25) is 5.32 Å². The molecular formula is C18H21N7O3S. The molecular weight excluding hydrogens is 394 g/mol. The molecule has 0 spiro atoms. The van der Waals surface area contributed by atoms with Crippen LogP contribution in [0.2, 0.25) is 0 Å². The highest BCUT2D eigenvalue weighted by Crippen LogP contribution is 2.28. The smallest absolute Gasteiger partial charge is 0.394 e. The topological polar surface area (TPSA) is 130 Å². The average Bonchev–Trinajstić information content (AvgIpc) is 3.17. The highest BCUT2D eigenvalue weighted by atomic mass is 32.1. The van der Waals surface area contributed by atoms with Gasteiger partial charge in [0.25, 0.3) is 0 Å². The molecule has 1 aliphatic rings. The van der Waals surface area contributed by atoms with E-state index in [1.54, 1.807) is 5.51 Å². The number of carbonyl (C=O) groups is 1. The number of hydroxylamine groups is 2. The Hall–Kier alpha value is -3.02. The Morgan fingerprint density at radius 2 is 2.14 bits per heavy atom. The molecule has 0 aliphatic carbocycles. The number of nitrogens with two attached hydrogens (primary N) is 1. The van der Waals surface area contributed by atoms with Crippen molar-refractivity contribution in [2.75, 3.05) is 42.2 Å². The standard InChI is InChI=1S/C18H21N7O3S/c1-11-2-4-12(5-3-11)21-18(27)28-24-6-7-25(13(8-24)9-26)15-14-16(29-10-20-14)23-17(19)22-15/h2-5,10,13,26H,6-9H2,1H3,(H,21,27)(H2,19,22,23). The number of hydrogen-bond acceptors (Lipinski definition) is 10. The second kappa shape index (κ2) is 8.15. The number of anilines is 3. The van der Waals surface area contributed by atoms with Crippen molar-refractivity contribution >= 4 is 45.2 Å². The third-order valence-electron chi connectivity index (χ3n) is 4.64. The van der Waals surface area contributed by atoms with Crippen LogP contribution in [0.15, 0.2) is 29.8 Å². The van der Waals surface area contributed by atoms with Crippen LogP contribution in [-0.4, -0.2) is 63.5 Å². The van der Waals surface area contributed by atoms with E-state index < -0.39 is 6.09 Å². The highest BCUT2D eigenvalue weighted by Gasteiger charge is 2.31. The fourth-order valence-corrected chi connectivity index (χ4v) is 3.86. The van der Waals surface area contributed by atoms with Crippen LogP contribution in [0.1, 0.15) is 5.56 Å². The molecule has 4 N–H and O–H groups in total. The fourth-order valence-electron chi connectivity index (χ4n) is 3.20. The van der Waals surface area contributed by atoms with Gasteiger partial charge in [0.05, 0.1) is 31.2 Å². The predicted molar refractivity (Wildman–Crippen MR) is 111 cm³/mol. The molecule has 0 bridgehead atoms. The van der Waals surface area contributed by atoms with E-state index in [0.717, 1.165) is 5.56 Å². The van der Waals surface area contributed by atoms with Crippen LogP contribution in [0, 0.1) is 6.92 Å². The first-order valence-electron chi connectivity index (χ1n) is 9.08. The number of carbonyl (C=O) groups excluding carboxylic acids is 1. The first kappa shape index (κ1) is 19.3. The van der Waals surface area contributed by atoms with Gasteiger partial charge < -0.3 is 20.6 Å². The molecule has 1 unspecified atom stereocenters. The van der Waals surface area contributed by atoms with Crippen LogP contribution < -0.4 is 16.0 Å². The second-order valence-electron chi connectivity index (χ2n) is 6.70. The molecule has 0 saturated carbocycles. The number of hydrogen-bond donors (Lipinski definition) is 3. The minimum absolute atomic E-state index is 0.144. The van der Waals surface area contributed by atoms with Crippen molar-refractivity contribution in [3.05, 3.63) is 35.3 Å². The number of aromatic nitrogens is 3. The normalized spacial score (nSPS) is 17.4. The summed E-state index contributed by atoms with van der Waals surface area (Å²) < 4.78 is 0. The van der Waals surface area contributed by atoms with E-state index in [4.69, 9.17) is 10.6 Å². The van der Waals surface area contributed by atoms with Gasteiger partial charge >= 0.3 is 6.09 Å².